The minimum atomic E-state index is -1.21. The molecule has 3 N–H and O–H groups in total. The maximum Gasteiger partial charge on any atom is 0.329 e. The molecular weight excluding hydrogens is 210 g/mol. The Morgan fingerprint density at radius 2 is 2.31 bits per heavy atom. The second-order valence-corrected chi connectivity index (χ2v) is 3.80. The van der Waals surface area contributed by atoms with Crippen molar-refractivity contribution in [2.75, 3.05) is 0 Å². The number of aromatic nitrogens is 2. The summed E-state index contributed by atoms with van der Waals surface area (Å²) in [6, 6.07) is 1.67. The summed E-state index contributed by atoms with van der Waals surface area (Å²) in [6.45, 7) is 3.20. The van der Waals surface area contributed by atoms with Crippen LogP contribution in [-0.4, -0.2) is 32.7 Å². The number of aromatic amines is 1. The molecule has 1 aromatic rings. The van der Waals surface area contributed by atoms with Gasteiger partial charge < -0.3 is 10.4 Å². The maximum absolute atomic E-state index is 11.6. The van der Waals surface area contributed by atoms with Crippen molar-refractivity contribution < 1.29 is 14.7 Å². The van der Waals surface area contributed by atoms with E-state index in [9.17, 15) is 9.59 Å². The summed E-state index contributed by atoms with van der Waals surface area (Å²) >= 11 is 0. The lowest BCUT2D eigenvalue weighted by molar-refractivity contribution is -0.146. The molecule has 1 atom stereocenters. The molecule has 16 heavy (non-hydrogen) atoms. The lowest BCUT2D eigenvalue weighted by Gasteiger charge is -2.24. The van der Waals surface area contributed by atoms with Gasteiger partial charge in [-0.05, 0) is 19.4 Å². The monoisotopic (exact) mass is 225 g/mol. The number of hydrogen-bond donors (Lipinski definition) is 3. The van der Waals surface area contributed by atoms with Gasteiger partial charge in [0.05, 0.1) is 6.42 Å². The average molecular weight is 225 g/mol. The fourth-order valence-electron chi connectivity index (χ4n) is 1.20. The number of hydrogen-bond acceptors (Lipinski definition) is 3. The van der Waals surface area contributed by atoms with Gasteiger partial charge in [-0.25, -0.2) is 4.79 Å². The Bertz CT molecular complexity index is 375. The van der Waals surface area contributed by atoms with Crippen molar-refractivity contribution >= 4 is 11.9 Å². The summed E-state index contributed by atoms with van der Waals surface area (Å²) in [7, 11) is 0. The molecule has 0 saturated heterocycles. The van der Waals surface area contributed by atoms with Crippen LogP contribution in [0.25, 0.3) is 0 Å². The molecule has 0 aromatic carbocycles. The van der Waals surface area contributed by atoms with E-state index >= 15 is 0 Å². The van der Waals surface area contributed by atoms with Gasteiger partial charge in [0.15, 0.2) is 0 Å². The number of nitrogens with zero attached hydrogens (tertiary/aromatic N) is 1. The predicted octanol–water partition coefficient (Wildman–Crippen LogP) is 0.322. The third-order valence-corrected chi connectivity index (χ3v) is 2.50. The number of amides is 1. The van der Waals surface area contributed by atoms with E-state index in [2.05, 4.69) is 15.5 Å². The van der Waals surface area contributed by atoms with Gasteiger partial charge >= 0.3 is 5.97 Å². The molecule has 6 heteroatoms. The molecule has 0 radical (unpaired) electrons. The fraction of sp³-hybridized carbons (Fsp3) is 0.500. The number of aliphatic carboxylic acids is 1. The van der Waals surface area contributed by atoms with Gasteiger partial charge in [0.25, 0.3) is 0 Å². The summed E-state index contributed by atoms with van der Waals surface area (Å²) in [5, 5.41) is 17.8. The van der Waals surface area contributed by atoms with Crippen molar-refractivity contribution in [1.82, 2.24) is 15.5 Å². The Morgan fingerprint density at radius 3 is 2.75 bits per heavy atom. The SMILES string of the molecule is CCC(C)(NC(=O)Cc1ccn[nH]1)C(=O)O. The van der Waals surface area contributed by atoms with Crippen LogP contribution in [0.5, 0.6) is 0 Å². The number of H-pyrrole nitrogens is 1. The fourth-order valence-corrected chi connectivity index (χ4v) is 1.20. The van der Waals surface area contributed by atoms with Gasteiger partial charge in [0.2, 0.25) is 5.91 Å². The van der Waals surface area contributed by atoms with Gasteiger partial charge in [-0.2, -0.15) is 5.10 Å². The molecule has 1 aromatic heterocycles. The quantitative estimate of drug-likeness (QED) is 0.672. The molecule has 1 amide bonds. The Labute approximate surface area is 93.1 Å². The van der Waals surface area contributed by atoms with Gasteiger partial charge in [-0.3, -0.25) is 9.89 Å². The van der Waals surface area contributed by atoms with Gasteiger partial charge in [-0.15, -0.1) is 0 Å². The predicted molar refractivity (Wildman–Crippen MR) is 56.8 cm³/mol. The molecule has 0 saturated carbocycles. The molecule has 0 aliphatic heterocycles. The molecule has 0 aliphatic carbocycles. The second kappa shape index (κ2) is 4.78. The van der Waals surface area contributed by atoms with E-state index in [1.165, 1.54) is 6.92 Å². The van der Waals surface area contributed by atoms with E-state index in [1.54, 1.807) is 19.2 Å². The molecule has 6 nitrogen and oxygen atoms in total. The van der Waals surface area contributed by atoms with Crippen molar-refractivity contribution in [1.29, 1.82) is 0 Å². The number of rotatable bonds is 5. The lowest BCUT2D eigenvalue weighted by Crippen LogP contribution is -2.52. The molecule has 88 valence electrons. The molecule has 0 spiro atoms. The minimum absolute atomic E-state index is 0.100. The van der Waals surface area contributed by atoms with Crippen LogP contribution in [0, 0.1) is 0 Å². The van der Waals surface area contributed by atoms with Crippen LogP contribution in [0.15, 0.2) is 12.3 Å². The normalized spacial score (nSPS) is 14.1. The number of carbonyl (C=O) groups is 2. The highest BCUT2D eigenvalue weighted by atomic mass is 16.4. The summed E-state index contributed by atoms with van der Waals surface area (Å²) in [6.07, 6.45) is 1.97. The first kappa shape index (κ1) is 12.2. The number of carboxylic acids is 1. The minimum Gasteiger partial charge on any atom is -0.480 e. The summed E-state index contributed by atoms with van der Waals surface area (Å²) < 4.78 is 0. The summed E-state index contributed by atoms with van der Waals surface area (Å²) in [5.74, 6) is -1.37. The zero-order chi connectivity index (χ0) is 12.2. The van der Waals surface area contributed by atoms with Crippen molar-refractivity contribution in [2.45, 2.75) is 32.2 Å². The first-order valence-electron chi connectivity index (χ1n) is 5.00. The zero-order valence-electron chi connectivity index (χ0n) is 9.28. The molecular formula is C10H15N3O3. The van der Waals surface area contributed by atoms with E-state index in [-0.39, 0.29) is 12.3 Å². The summed E-state index contributed by atoms with van der Waals surface area (Å²) in [4.78, 5) is 22.5. The molecule has 1 rings (SSSR count). The van der Waals surface area contributed by atoms with Crippen molar-refractivity contribution in [3.8, 4) is 0 Å². The van der Waals surface area contributed by atoms with Crippen LogP contribution in [-0.2, 0) is 16.0 Å². The molecule has 0 aliphatic rings. The van der Waals surface area contributed by atoms with Gasteiger partial charge in [-0.1, -0.05) is 6.92 Å². The first-order valence-corrected chi connectivity index (χ1v) is 5.00. The van der Waals surface area contributed by atoms with E-state index in [0.29, 0.717) is 12.1 Å². The van der Waals surface area contributed by atoms with Crippen LogP contribution in [0.2, 0.25) is 0 Å². The molecule has 0 fully saturated rings. The van der Waals surface area contributed by atoms with Crippen LogP contribution in [0.1, 0.15) is 26.0 Å². The smallest absolute Gasteiger partial charge is 0.329 e. The number of carboxylic acid groups (broad SMARTS) is 1. The van der Waals surface area contributed by atoms with Crippen molar-refractivity contribution in [2.24, 2.45) is 0 Å². The second-order valence-electron chi connectivity index (χ2n) is 3.80. The molecule has 1 unspecified atom stereocenters. The maximum atomic E-state index is 11.6. The van der Waals surface area contributed by atoms with Crippen LogP contribution in [0.3, 0.4) is 0 Å². The van der Waals surface area contributed by atoms with Crippen LogP contribution < -0.4 is 5.32 Å². The third-order valence-electron chi connectivity index (χ3n) is 2.50. The molecule has 0 bridgehead atoms. The van der Waals surface area contributed by atoms with E-state index in [4.69, 9.17) is 5.11 Å². The van der Waals surface area contributed by atoms with E-state index in [1.807, 2.05) is 0 Å². The van der Waals surface area contributed by atoms with E-state index in [0.717, 1.165) is 0 Å². The molecule has 1 heterocycles. The third kappa shape index (κ3) is 2.82. The van der Waals surface area contributed by atoms with Gasteiger partial charge in [0, 0.05) is 11.9 Å². The first-order chi connectivity index (χ1) is 7.48. The van der Waals surface area contributed by atoms with Crippen molar-refractivity contribution in [3.63, 3.8) is 0 Å². The van der Waals surface area contributed by atoms with Crippen molar-refractivity contribution in [3.05, 3.63) is 18.0 Å². The Balaban J connectivity index is 2.60. The highest BCUT2D eigenvalue weighted by Gasteiger charge is 2.32. The topological polar surface area (TPSA) is 95.1 Å². The largest absolute Gasteiger partial charge is 0.480 e. The standard InChI is InChI=1S/C10H15N3O3/c1-3-10(2,9(15)16)12-8(14)6-7-4-5-11-13-7/h4-5H,3,6H2,1-2H3,(H,11,13)(H,12,14)(H,15,16). The van der Waals surface area contributed by atoms with Gasteiger partial charge in [0.1, 0.15) is 5.54 Å². The van der Waals surface area contributed by atoms with Crippen LogP contribution >= 0.6 is 0 Å². The summed E-state index contributed by atoms with van der Waals surface area (Å²) in [5.41, 5.74) is -0.557. The highest BCUT2D eigenvalue weighted by Crippen LogP contribution is 2.09. The van der Waals surface area contributed by atoms with E-state index < -0.39 is 11.5 Å². The highest BCUT2D eigenvalue weighted by molar-refractivity contribution is 5.87. The Hall–Kier alpha value is -1.85. The zero-order valence-corrected chi connectivity index (χ0v) is 9.28. The Kier molecular flexibility index (Phi) is 3.65. The number of carbonyl (C=O) groups excluding carboxylic acids is 1. The van der Waals surface area contributed by atoms with Crippen LogP contribution in [0.4, 0.5) is 0 Å². The Morgan fingerprint density at radius 1 is 1.62 bits per heavy atom. The average Bonchev–Trinajstić information content (AvgIpc) is 2.69. The number of nitrogens with one attached hydrogen (secondary N) is 2. The lowest BCUT2D eigenvalue weighted by atomic mass is 9.99.